The first-order valence-corrected chi connectivity index (χ1v) is 6.00. The van der Waals surface area contributed by atoms with Gasteiger partial charge in [-0.15, -0.1) is 24.8 Å². The zero-order valence-electron chi connectivity index (χ0n) is 9.67. The van der Waals surface area contributed by atoms with Crippen molar-refractivity contribution in [2.75, 3.05) is 7.11 Å². The van der Waals surface area contributed by atoms with Crippen LogP contribution in [0, 0.1) is 0 Å². The van der Waals surface area contributed by atoms with Gasteiger partial charge in [-0.3, -0.25) is 0 Å². The van der Waals surface area contributed by atoms with E-state index in [4.69, 9.17) is 3.66 Å². The number of rotatable bonds is 1. The first-order chi connectivity index (χ1) is 4.69. The van der Waals surface area contributed by atoms with Gasteiger partial charge in [-0.05, 0) is 0 Å². The molecule has 0 aromatic rings. The van der Waals surface area contributed by atoms with Crippen LogP contribution in [0.3, 0.4) is 0 Å². The van der Waals surface area contributed by atoms with E-state index < -0.39 is 15.5 Å². The number of hydrogen-bond acceptors (Lipinski definition) is 1. The summed E-state index contributed by atoms with van der Waals surface area (Å²) >= 11 is -1.16. The molecular formula is C9H23Cl2OV. The van der Waals surface area contributed by atoms with Crippen LogP contribution in [0.5, 0.6) is 0 Å². The van der Waals surface area contributed by atoms with Gasteiger partial charge in [0, 0.05) is 0 Å². The average molecular weight is 269 g/mol. The van der Waals surface area contributed by atoms with Crippen molar-refractivity contribution in [1.82, 2.24) is 0 Å². The Morgan fingerprint density at radius 1 is 0.769 bits per heavy atom. The minimum absolute atomic E-state index is 0. The van der Waals surface area contributed by atoms with Crippen molar-refractivity contribution in [3.8, 4) is 0 Å². The van der Waals surface area contributed by atoms with E-state index in [-0.39, 0.29) is 24.8 Å². The summed E-state index contributed by atoms with van der Waals surface area (Å²) in [4.78, 5) is 0. The summed E-state index contributed by atoms with van der Waals surface area (Å²) in [7, 11) is 1.86. The second-order valence-electron chi connectivity index (χ2n) is 4.82. The minimum Gasteiger partial charge on any atom is -0.147 e. The molecule has 0 aliphatic rings. The maximum absolute atomic E-state index is 5.62. The third kappa shape index (κ3) is 7.10. The first-order valence-electron chi connectivity index (χ1n) is 4.04. The van der Waals surface area contributed by atoms with Crippen LogP contribution in [0.25, 0.3) is 0 Å². The molecule has 0 aromatic heterocycles. The normalized spacial score (nSPS) is 12.0. The second kappa shape index (κ2) is 6.58. The van der Waals surface area contributed by atoms with Gasteiger partial charge in [0.2, 0.25) is 0 Å². The molecule has 84 valence electrons. The summed E-state index contributed by atoms with van der Waals surface area (Å²) in [5.74, 6) is 0. The van der Waals surface area contributed by atoms with Gasteiger partial charge in [-0.25, -0.2) is 0 Å². The van der Waals surface area contributed by atoms with E-state index in [1.807, 2.05) is 7.11 Å². The van der Waals surface area contributed by atoms with Gasteiger partial charge in [0.1, 0.15) is 0 Å². The van der Waals surface area contributed by atoms with Gasteiger partial charge < -0.3 is 0 Å². The van der Waals surface area contributed by atoms with E-state index in [2.05, 4.69) is 41.5 Å². The van der Waals surface area contributed by atoms with Crippen LogP contribution in [0.2, 0.25) is 8.25 Å². The molecule has 0 aliphatic carbocycles. The molecule has 0 unspecified atom stereocenters. The molecule has 0 aliphatic heterocycles. The molecule has 13 heavy (non-hydrogen) atoms. The van der Waals surface area contributed by atoms with E-state index in [1.165, 1.54) is 0 Å². The van der Waals surface area contributed by atoms with Crippen LogP contribution in [0.1, 0.15) is 41.5 Å². The third-order valence-corrected chi connectivity index (χ3v) is 5.78. The number of hydrogen-bond donors (Lipinski definition) is 0. The Labute approximate surface area is 101 Å². The Kier molecular flexibility index (Phi) is 9.95. The first kappa shape index (κ1) is 19.7. The summed E-state index contributed by atoms with van der Waals surface area (Å²) in [5.41, 5.74) is 0. The van der Waals surface area contributed by atoms with Crippen molar-refractivity contribution >= 4 is 24.8 Å². The second-order valence-corrected chi connectivity index (χ2v) is 10.5. The summed E-state index contributed by atoms with van der Waals surface area (Å²) in [5, 5.41) is 0. The SMILES string of the molecule is C[O][V]([C](C)(C)C)[C](C)(C)C.Cl.Cl. The predicted octanol–water partition coefficient (Wildman–Crippen LogP) is 4.45. The summed E-state index contributed by atoms with van der Waals surface area (Å²) < 4.78 is 6.38. The number of halogens is 2. The maximum atomic E-state index is 5.62. The maximum Gasteiger partial charge on any atom is -0.147 e. The van der Waals surface area contributed by atoms with Gasteiger partial charge in [0.05, 0.1) is 0 Å². The van der Waals surface area contributed by atoms with Crippen molar-refractivity contribution in [1.29, 1.82) is 0 Å². The zero-order valence-corrected chi connectivity index (χ0v) is 12.7. The van der Waals surface area contributed by atoms with Crippen LogP contribution >= 0.6 is 24.8 Å². The molecule has 0 atom stereocenters. The molecule has 4 heteroatoms. The van der Waals surface area contributed by atoms with Crippen LogP contribution in [0.4, 0.5) is 0 Å². The summed E-state index contributed by atoms with van der Waals surface area (Å²) in [6.45, 7) is 13.7. The fraction of sp³-hybridized carbons (Fsp3) is 1.00. The van der Waals surface area contributed by atoms with Gasteiger partial charge in [0.15, 0.2) is 0 Å². The Morgan fingerprint density at radius 2 is 1.00 bits per heavy atom. The molecule has 0 radical (unpaired) electrons. The van der Waals surface area contributed by atoms with Gasteiger partial charge in [-0.1, -0.05) is 0 Å². The molecule has 0 bridgehead atoms. The quantitative estimate of drug-likeness (QED) is 0.683. The Morgan fingerprint density at radius 3 is 1.00 bits per heavy atom. The van der Waals surface area contributed by atoms with Gasteiger partial charge in [0.25, 0.3) is 0 Å². The molecule has 0 aromatic carbocycles. The van der Waals surface area contributed by atoms with Crippen LogP contribution in [0.15, 0.2) is 0 Å². The van der Waals surface area contributed by atoms with Crippen molar-refractivity contribution in [3.63, 3.8) is 0 Å². The molecule has 0 heterocycles. The average Bonchev–Trinajstić information content (AvgIpc) is 1.56. The molecule has 0 saturated carbocycles. The summed E-state index contributed by atoms with van der Waals surface area (Å²) in [6.07, 6.45) is 0. The van der Waals surface area contributed by atoms with Crippen molar-refractivity contribution in [3.05, 3.63) is 0 Å². The van der Waals surface area contributed by atoms with Gasteiger partial charge >= 0.3 is 76.1 Å². The fourth-order valence-electron chi connectivity index (χ4n) is 1.55. The van der Waals surface area contributed by atoms with Crippen LogP contribution in [-0.4, -0.2) is 7.11 Å². The van der Waals surface area contributed by atoms with E-state index >= 15 is 0 Å². The third-order valence-electron chi connectivity index (χ3n) is 1.40. The van der Waals surface area contributed by atoms with Crippen LogP contribution < -0.4 is 0 Å². The van der Waals surface area contributed by atoms with E-state index in [0.717, 1.165) is 0 Å². The predicted molar refractivity (Wildman–Crippen MR) is 60.9 cm³/mol. The van der Waals surface area contributed by atoms with E-state index in [0.29, 0.717) is 8.25 Å². The monoisotopic (exact) mass is 268 g/mol. The molecular weight excluding hydrogens is 246 g/mol. The van der Waals surface area contributed by atoms with E-state index in [9.17, 15) is 0 Å². The van der Waals surface area contributed by atoms with Gasteiger partial charge in [-0.2, -0.15) is 0 Å². The minimum atomic E-state index is -1.16. The smallest absolute Gasteiger partial charge is 0.147 e. The Balaban J connectivity index is -0.000000500. The standard InChI is InChI=1S/2C4H9.CH3O.2ClH.V/c2*1-4(2)3;1-2;;;/h2*1-3H3;1H3;2*1H;/q;;-1;;;+1. The molecule has 0 rings (SSSR count). The van der Waals surface area contributed by atoms with Crippen molar-refractivity contribution < 1.29 is 19.2 Å². The zero-order chi connectivity index (χ0) is 9.28. The fourth-order valence-corrected chi connectivity index (χ4v) is 6.41. The topological polar surface area (TPSA) is 9.23 Å². The van der Waals surface area contributed by atoms with Crippen molar-refractivity contribution in [2.45, 2.75) is 49.8 Å². The Hall–Kier alpha value is 1.12. The summed E-state index contributed by atoms with van der Waals surface area (Å²) in [6, 6.07) is 0. The molecule has 0 fully saturated rings. The van der Waals surface area contributed by atoms with Crippen molar-refractivity contribution in [2.24, 2.45) is 0 Å². The van der Waals surface area contributed by atoms with E-state index in [1.54, 1.807) is 0 Å². The molecule has 1 nitrogen and oxygen atoms in total. The molecule has 0 saturated heterocycles. The molecule has 0 amide bonds. The Bertz CT molecular complexity index is 113. The molecule has 0 spiro atoms. The van der Waals surface area contributed by atoms with Crippen LogP contribution in [-0.2, 0) is 19.2 Å². The molecule has 0 N–H and O–H groups in total. The largest absolute Gasteiger partial charge is 0.147 e.